The normalized spacial score (nSPS) is 16.1. The van der Waals surface area contributed by atoms with E-state index < -0.39 is 0 Å². The molecule has 1 aromatic carbocycles. The van der Waals surface area contributed by atoms with Crippen molar-refractivity contribution in [2.45, 2.75) is 25.7 Å². The molecular weight excluding hydrogens is 238 g/mol. The molecule has 1 saturated carbocycles. The van der Waals surface area contributed by atoms with E-state index in [1.54, 1.807) is 11.2 Å². The van der Waals surface area contributed by atoms with E-state index in [-0.39, 0.29) is 11.8 Å². The van der Waals surface area contributed by atoms with Gasteiger partial charge in [-0.25, -0.2) is 4.98 Å². The number of carbonyl (C=O) groups excluding carboxylic acids is 1. The number of benzene rings is 1. The van der Waals surface area contributed by atoms with Crippen molar-refractivity contribution in [1.82, 2.24) is 9.55 Å². The van der Waals surface area contributed by atoms with Crippen LogP contribution in [-0.4, -0.2) is 22.5 Å². The van der Waals surface area contributed by atoms with Gasteiger partial charge in [0.25, 0.3) is 0 Å². The molecule has 0 N–H and O–H groups in total. The van der Waals surface area contributed by atoms with Gasteiger partial charge in [-0.2, -0.15) is 0 Å². The van der Waals surface area contributed by atoms with Gasteiger partial charge in [0, 0.05) is 25.7 Å². The molecule has 1 fully saturated rings. The van der Waals surface area contributed by atoms with Crippen molar-refractivity contribution in [3.05, 3.63) is 24.5 Å². The number of fused-ring (bicyclic) bond motifs is 1. The first-order valence-electron chi connectivity index (χ1n) is 6.85. The van der Waals surface area contributed by atoms with Crippen LogP contribution in [0.4, 0.5) is 5.69 Å². The topological polar surface area (TPSA) is 38.1 Å². The third-order valence-electron chi connectivity index (χ3n) is 4.13. The molecule has 1 aromatic heterocycles. The van der Waals surface area contributed by atoms with Gasteiger partial charge in [-0.3, -0.25) is 4.79 Å². The van der Waals surface area contributed by atoms with Crippen molar-refractivity contribution in [3.63, 3.8) is 0 Å². The molecule has 0 spiro atoms. The summed E-state index contributed by atoms with van der Waals surface area (Å²) in [4.78, 5) is 18.5. The van der Waals surface area contributed by atoms with E-state index in [0.717, 1.165) is 29.6 Å². The Bertz CT molecular complexity index is 611. The van der Waals surface area contributed by atoms with E-state index in [0.29, 0.717) is 0 Å². The standard InChI is InChI=1S/C15H19N3O/c1-17-10-16-13-9-12(7-8-14(13)17)18(2)15(19)11-5-3-4-6-11/h7-11H,3-6H2,1-2H3. The highest BCUT2D eigenvalue weighted by Gasteiger charge is 2.26. The minimum Gasteiger partial charge on any atom is -0.334 e. The Kier molecular flexibility index (Phi) is 3.01. The number of nitrogens with zero attached hydrogens (tertiary/aromatic N) is 3. The van der Waals surface area contributed by atoms with Crippen molar-refractivity contribution in [2.24, 2.45) is 13.0 Å². The van der Waals surface area contributed by atoms with Crippen LogP contribution in [0.5, 0.6) is 0 Å². The van der Waals surface area contributed by atoms with Crippen molar-refractivity contribution < 1.29 is 4.79 Å². The maximum atomic E-state index is 12.4. The van der Waals surface area contributed by atoms with Gasteiger partial charge in [-0.1, -0.05) is 12.8 Å². The average Bonchev–Trinajstić information content (AvgIpc) is 3.07. The lowest BCUT2D eigenvalue weighted by molar-refractivity contribution is -0.121. The molecule has 1 aliphatic carbocycles. The van der Waals surface area contributed by atoms with Crippen LogP contribution in [-0.2, 0) is 11.8 Å². The van der Waals surface area contributed by atoms with Crippen molar-refractivity contribution in [1.29, 1.82) is 0 Å². The highest BCUT2D eigenvalue weighted by molar-refractivity contribution is 5.96. The second-order valence-corrected chi connectivity index (χ2v) is 5.41. The zero-order chi connectivity index (χ0) is 13.4. The number of hydrogen-bond acceptors (Lipinski definition) is 2. The van der Waals surface area contributed by atoms with Crippen molar-refractivity contribution in [2.75, 3.05) is 11.9 Å². The van der Waals surface area contributed by atoms with Crippen LogP contribution in [0.2, 0.25) is 0 Å². The van der Waals surface area contributed by atoms with Crippen LogP contribution in [0, 0.1) is 5.92 Å². The molecule has 0 aliphatic heterocycles. The number of aryl methyl sites for hydroxylation is 1. The molecular formula is C15H19N3O. The Hall–Kier alpha value is -1.84. The van der Waals surface area contributed by atoms with Crippen molar-refractivity contribution in [3.8, 4) is 0 Å². The monoisotopic (exact) mass is 257 g/mol. The first kappa shape index (κ1) is 12.2. The molecule has 100 valence electrons. The quantitative estimate of drug-likeness (QED) is 0.829. The first-order valence-corrected chi connectivity index (χ1v) is 6.85. The molecule has 19 heavy (non-hydrogen) atoms. The van der Waals surface area contributed by atoms with Crippen LogP contribution in [0.25, 0.3) is 11.0 Å². The number of amides is 1. The number of anilines is 1. The molecule has 1 aliphatic rings. The largest absolute Gasteiger partial charge is 0.334 e. The lowest BCUT2D eigenvalue weighted by Crippen LogP contribution is -2.31. The molecule has 0 unspecified atom stereocenters. The van der Waals surface area contributed by atoms with E-state index in [1.165, 1.54) is 12.8 Å². The Morgan fingerprint density at radius 3 is 2.84 bits per heavy atom. The van der Waals surface area contributed by atoms with Gasteiger partial charge in [-0.15, -0.1) is 0 Å². The second-order valence-electron chi connectivity index (χ2n) is 5.41. The van der Waals surface area contributed by atoms with Gasteiger partial charge < -0.3 is 9.47 Å². The predicted octanol–water partition coefficient (Wildman–Crippen LogP) is 2.73. The predicted molar refractivity (Wildman–Crippen MR) is 76.1 cm³/mol. The van der Waals surface area contributed by atoms with Crippen LogP contribution in [0.3, 0.4) is 0 Å². The summed E-state index contributed by atoms with van der Waals surface area (Å²) in [7, 11) is 3.84. The van der Waals surface area contributed by atoms with Gasteiger partial charge in [0.2, 0.25) is 5.91 Å². The molecule has 4 heteroatoms. The van der Waals surface area contributed by atoms with Crippen LogP contribution >= 0.6 is 0 Å². The molecule has 1 amide bonds. The summed E-state index contributed by atoms with van der Waals surface area (Å²) in [6.07, 6.45) is 6.24. The fraction of sp³-hybridized carbons (Fsp3) is 0.467. The third kappa shape index (κ3) is 2.11. The Morgan fingerprint density at radius 1 is 1.37 bits per heavy atom. The SMILES string of the molecule is CN(C(=O)C1CCCC1)c1ccc2c(c1)ncn2C. The molecule has 0 saturated heterocycles. The number of carbonyl (C=O) groups is 1. The summed E-state index contributed by atoms with van der Waals surface area (Å²) in [6.45, 7) is 0. The first-order chi connectivity index (χ1) is 9.16. The highest BCUT2D eigenvalue weighted by Crippen LogP contribution is 2.28. The van der Waals surface area contributed by atoms with Gasteiger partial charge >= 0.3 is 0 Å². The van der Waals surface area contributed by atoms with E-state index in [2.05, 4.69) is 4.98 Å². The lowest BCUT2D eigenvalue weighted by Gasteiger charge is -2.21. The summed E-state index contributed by atoms with van der Waals surface area (Å²) in [6, 6.07) is 6.01. The Morgan fingerprint density at radius 2 is 2.11 bits per heavy atom. The third-order valence-corrected chi connectivity index (χ3v) is 4.13. The molecule has 3 rings (SSSR count). The Balaban J connectivity index is 1.88. The van der Waals surface area contributed by atoms with Crippen LogP contribution in [0.1, 0.15) is 25.7 Å². The molecule has 0 radical (unpaired) electrons. The van der Waals surface area contributed by atoms with E-state index in [9.17, 15) is 4.79 Å². The van der Waals surface area contributed by atoms with Gasteiger partial charge in [0.05, 0.1) is 17.4 Å². The zero-order valence-corrected chi connectivity index (χ0v) is 11.5. The number of hydrogen-bond donors (Lipinski definition) is 0. The average molecular weight is 257 g/mol. The zero-order valence-electron chi connectivity index (χ0n) is 11.5. The van der Waals surface area contributed by atoms with E-state index in [4.69, 9.17) is 0 Å². The summed E-state index contributed by atoms with van der Waals surface area (Å²) >= 11 is 0. The lowest BCUT2D eigenvalue weighted by atomic mass is 10.1. The fourth-order valence-corrected chi connectivity index (χ4v) is 2.91. The van der Waals surface area contributed by atoms with Gasteiger partial charge in [0.1, 0.15) is 0 Å². The summed E-state index contributed by atoms with van der Waals surface area (Å²) < 4.78 is 1.98. The minimum atomic E-state index is 0.212. The maximum absolute atomic E-state index is 12.4. The number of rotatable bonds is 2. The number of imidazole rings is 1. The van der Waals surface area contributed by atoms with E-state index >= 15 is 0 Å². The van der Waals surface area contributed by atoms with E-state index in [1.807, 2.05) is 36.9 Å². The number of aromatic nitrogens is 2. The van der Waals surface area contributed by atoms with Crippen LogP contribution in [0.15, 0.2) is 24.5 Å². The summed E-state index contributed by atoms with van der Waals surface area (Å²) in [5, 5.41) is 0. The smallest absolute Gasteiger partial charge is 0.229 e. The fourth-order valence-electron chi connectivity index (χ4n) is 2.91. The summed E-state index contributed by atoms with van der Waals surface area (Å²) in [5.74, 6) is 0.456. The molecule has 1 heterocycles. The highest BCUT2D eigenvalue weighted by atomic mass is 16.2. The van der Waals surface area contributed by atoms with Crippen LogP contribution < -0.4 is 4.90 Å². The van der Waals surface area contributed by atoms with Crippen molar-refractivity contribution >= 4 is 22.6 Å². The Labute approximate surface area is 113 Å². The molecule has 2 aromatic rings. The molecule has 4 nitrogen and oxygen atoms in total. The van der Waals surface area contributed by atoms with Gasteiger partial charge in [0.15, 0.2) is 0 Å². The second kappa shape index (κ2) is 4.68. The maximum Gasteiger partial charge on any atom is 0.229 e. The van der Waals surface area contributed by atoms with Gasteiger partial charge in [-0.05, 0) is 31.0 Å². The summed E-state index contributed by atoms with van der Waals surface area (Å²) in [5.41, 5.74) is 2.96. The minimum absolute atomic E-state index is 0.212. The molecule has 0 bridgehead atoms. The molecule has 0 atom stereocenters.